The fourth-order valence-corrected chi connectivity index (χ4v) is 4.20. The summed E-state index contributed by atoms with van der Waals surface area (Å²) in [6.45, 7) is 0.468. The quantitative estimate of drug-likeness (QED) is 0.427. The maximum Gasteiger partial charge on any atom is 0.273 e. The van der Waals surface area contributed by atoms with Gasteiger partial charge in [-0.3, -0.25) is 14.2 Å². The number of hydrogen-bond acceptors (Lipinski definition) is 8. The van der Waals surface area contributed by atoms with Crippen LogP contribution in [0.3, 0.4) is 0 Å². The normalized spacial score (nSPS) is 10.8. The van der Waals surface area contributed by atoms with E-state index in [1.54, 1.807) is 18.2 Å². The van der Waals surface area contributed by atoms with Gasteiger partial charge in [0.15, 0.2) is 10.8 Å². The summed E-state index contributed by atoms with van der Waals surface area (Å²) >= 11 is 1.26. The third kappa shape index (κ3) is 5.12. The molecule has 33 heavy (non-hydrogen) atoms. The van der Waals surface area contributed by atoms with Crippen LogP contribution in [0.15, 0.2) is 59.7 Å². The zero-order chi connectivity index (χ0) is 23.4. The number of carbonyl (C=O) groups excluding carboxylic acids is 1. The summed E-state index contributed by atoms with van der Waals surface area (Å²) in [5, 5.41) is 3.44. The lowest BCUT2D eigenvalue weighted by atomic mass is 10.2. The summed E-state index contributed by atoms with van der Waals surface area (Å²) in [6, 6.07) is 15.0. The molecule has 9 nitrogen and oxygen atoms in total. The second kappa shape index (κ2) is 9.70. The molecule has 0 aliphatic heterocycles. The average molecular weight is 466 g/mol. The van der Waals surface area contributed by atoms with Crippen LogP contribution in [0.25, 0.3) is 10.3 Å². The number of benzene rings is 2. The lowest BCUT2D eigenvalue weighted by molar-refractivity contribution is -0.116. The summed E-state index contributed by atoms with van der Waals surface area (Å²) in [5.74, 6) is 0.711. The molecule has 1 amide bonds. The van der Waals surface area contributed by atoms with E-state index in [0.29, 0.717) is 39.2 Å². The molecular weight excluding hydrogens is 442 g/mol. The van der Waals surface area contributed by atoms with Gasteiger partial charge in [-0.05, 0) is 5.56 Å². The van der Waals surface area contributed by atoms with Crippen molar-refractivity contribution in [3.05, 3.63) is 70.8 Å². The summed E-state index contributed by atoms with van der Waals surface area (Å²) in [6.07, 6.45) is 1.34. The third-order valence-electron chi connectivity index (χ3n) is 4.91. The number of anilines is 2. The molecule has 4 rings (SSSR count). The molecule has 10 heteroatoms. The molecule has 0 atom stereocenters. The molecule has 2 heterocycles. The van der Waals surface area contributed by atoms with Gasteiger partial charge in [0.25, 0.3) is 5.56 Å². The number of amides is 1. The number of methoxy groups -OCH3 is 2. The molecule has 0 spiro atoms. The van der Waals surface area contributed by atoms with Gasteiger partial charge in [0.1, 0.15) is 29.1 Å². The minimum absolute atomic E-state index is 0.186. The van der Waals surface area contributed by atoms with E-state index in [2.05, 4.69) is 15.3 Å². The number of fused-ring (bicyclic) bond motifs is 1. The highest BCUT2D eigenvalue weighted by Gasteiger charge is 2.15. The van der Waals surface area contributed by atoms with Crippen LogP contribution in [0.5, 0.6) is 11.5 Å². The number of aromatic nitrogens is 3. The minimum atomic E-state index is -0.375. The number of hydrogen-bond donors (Lipinski definition) is 1. The number of thiazole rings is 1. The van der Waals surface area contributed by atoms with Crippen LogP contribution in [0, 0.1) is 0 Å². The summed E-state index contributed by atoms with van der Waals surface area (Å²) in [5.41, 5.74) is 1.70. The molecule has 170 valence electrons. The Morgan fingerprint density at radius 1 is 1.12 bits per heavy atom. The largest absolute Gasteiger partial charge is 0.497 e. The van der Waals surface area contributed by atoms with E-state index < -0.39 is 0 Å². The van der Waals surface area contributed by atoms with E-state index in [-0.39, 0.29) is 18.0 Å². The van der Waals surface area contributed by atoms with Gasteiger partial charge < -0.3 is 19.7 Å². The lowest BCUT2D eigenvalue weighted by Gasteiger charge is -2.15. The Morgan fingerprint density at radius 2 is 1.82 bits per heavy atom. The van der Waals surface area contributed by atoms with Crippen molar-refractivity contribution >= 4 is 38.4 Å². The minimum Gasteiger partial charge on any atom is -0.497 e. The lowest BCUT2D eigenvalue weighted by Crippen LogP contribution is -2.27. The van der Waals surface area contributed by atoms with Crippen molar-refractivity contribution in [3.8, 4) is 11.5 Å². The van der Waals surface area contributed by atoms with Gasteiger partial charge in [-0.1, -0.05) is 41.7 Å². The zero-order valence-corrected chi connectivity index (χ0v) is 19.3. The van der Waals surface area contributed by atoms with E-state index in [9.17, 15) is 9.59 Å². The molecule has 0 bridgehead atoms. The van der Waals surface area contributed by atoms with Gasteiger partial charge in [0.05, 0.1) is 14.2 Å². The summed E-state index contributed by atoms with van der Waals surface area (Å²) in [4.78, 5) is 36.3. The van der Waals surface area contributed by atoms with E-state index in [4.69, 9.17) is 9.47 Å². The van der Waals surface area contributed by atoms with E-state index in [1.807, 2.05) is 42.3 Å². The van der Waals surface area contributed by atoms with Crippen molar-refractivity contribution in [2.45, 2.75) is 13.1 Å². The van der Waals surface area contributed by atoms with Crippen LogP contribution in [-0.4, -0.2) is 41.7 Å². The fraction of sp³-hybridized carbons (Fsp3) is 0.217. The van der Waals surface area contributed by atoms with Gasteiger partial charge in [0.2, 0.25) is 5.91 Å². The first kappa shape index (κ1) is 22.3. The Labute approximate surface area is 194 Å². The summed E-state index contributed by atoms with van der Waals surface area (Å²) < 4.78 is 12.1. The topological polar surface area (TPSA) is 98.6 Å². The van der Waals surface area contributed by atoms with Crippen LogP contribution in [0.1, 0.15) is 5.56 Å². The number of rotatable bonds is 8. The van der Waals surface area contributed by atoms with Crippen LogP contribution < -0.4 is 25.2 Å². The Morgan fingerprint density at radius 3 is 2.48 bits per heavy atom. The first-order chi connectivity index (χ1) is 16.0. The highest BCUT2D eigenvalue weighted by Crippen LogP contribution is 2.27. The number of nitrogens with zero attached hydrogens (tertiary/aromatic N) is 4. The fourth-order valence-electron chi connectivity index (χ4n) is 3.27. The molecule has 0 aliphatic rings. The molecular formula is C23H23N5O4S. The molecule has 0 radical (unpaired) electrons. The molecule has 0 unspecified atom stereocenters. The van der Waals surface area contributed by atoms with Crippen LogP contribution in [-0.2, 0) is 17.9 Å². The van der Waals surface area contributed by atoms with Crippen molar-refractivity contribution in [3.63, 3.8) is 0 Å². The molecule has 0 fully saturated rings. The van der Waals surface area contributed by atoms with Crippen molar-refractivity contribution in [1.82, 2.24) is 14.5 Å². The maximum absolute atomic E-state index is 13.0. The molecule has 2 aromatic carbocycles. The van der Waals surface area contributed by atoms with Gasteiger partial charge in [0, 0.05) is 37.5 Å². The highest BCUT2D eigenvalue weighted by atomic mass is 32.1. The van der Waals surface area contributed by atoms with E-state index in [1.165, 1.54) is 36.5 Å². The molecule has 0 aliphatic carbocycles. The van der Waals surface area contributed by atoms with Gasteiger partial charge in [-0.2, -0.15) is 4.98 Å². The van der Waals surface area contributed by atoms with Crippen molar-refractivity contribution in [1.29, 1.82) is 0 Å². The monoisotopic (exact) mass is 465 g/mol. The Balaban J connectivity index is 1.51. The summed E-state index contributed by atoms with van der Waals surface area (Å²) in [7, 11) is 4.97. The second-order valence-electron chi connectivity index (χ2n) is 7.32. The second-order valence-corrected chi connectivity index (χ2v) is 8.30. The molecule has 1 N–H and O–H groups in total. The van der Waals surface area contributed by atoms with Crippen LogP contribution >= 0.6 is 11.3 Å². The predicted molar refractivity (Wildman–Crippen MR) is 128 cm³/mol. The van der Waals surface area contributed by atoms with Gasteiger partial charge in [-0.25, -0.2) is 4.98 Å². The van der Waals surface area contributed by atoms with Crippen molar-refractivity contribution in [2.24, 2.45) is 0 Å². The van der Waals surface area contributed by atoms with Gasteiger partial charge >= 0.3 is 0 Å². The van der Waals surface area contributed by atoms with Crippen LogP contribution in [0.4, 0.5) is 10.8 Å². The number of ether oxygens (including phenoxy) is 2. The molecule has 4 aromatic rings. The standard InChI is InChI=1S/C23H23N5O4S/c1-27(12-15-7-5-4-6-8-15)23-26-21-20(33-23)22(30)28(14-24-21)13-19(29)25-16-9-17(31-2)11-18(10-16)32-3/h4-11,14H,12-13H2,1-3H3,(H,25,29). The number of carbonyl (C=O) groups is 1. The smallest absolute Gasteiger partial charge is 0.273 e. The zero-order valence-electron chi connectivity index (χ0n) is 18.4. The highest BCUT2D eigenvalue weighted by molar-refractivity contribution is 7.22. The maximum atomic E-state index is 13.0. The third-order valence-corrected chi connectivity index (χ3v) is 6.06. The molecule has 2 aromatic heterocycles. The Hall–Kier alpha value is -3.92. The van der Waals surface area contributed by atoms with Gasteiger partial charge in [-0.15, -0.1) is 0 Å². The molecule has 0 saturated carbocycles. The van der Waals surface area contributed by atoms with E-state index in [0.717, 1.165) is 5.56 Å². The SMILES string of the molecule is COc1cc(NC(=O)Cn2cnc3nc(N(C)Cc4ccccc4)sc3c2=O)cc(OC)c1. The average Bonchev–Trinajstić information content (AvgIpc) is 3.27. The van der Waals surface area contributed by atoms with Crippen LogP contribution in [0.2, 0.25) is 0 Å². The first-order valence-corrected chi connectivity index (χ1v) is 10.9. The van der Waals surface area contributed by atoms with Crippen molar-refractivity contribution < 1.29 is 14.3 Å². The Kier molecular flexibility index (Phi) is 6.55. The van der Waals surface area contributed by atoms with E-state index >= 15 is 0 Å². The first-order valence-electron chi connectivity index (χ1n) is 10.1. The Bertz CT molecular complexity index is 1310. The predicted octanol–water partition coefficient (Wildman–Crippen LogP) is 3.15. The number of nitrogens with one attached hydrogen (secondary N) is 1. The molecule has 0 saturated heterocycles. The van der Waals surface area contributed by atoms with Crippen molar-refractivity contribution in [2.75, 3.05) is 31.5 Å².